The number of rotatable bonds is 2. The van der Waals surface area contributed by atoms with Crippen molar-refractivity contribution >= 4 is 0 Å². The van der Waals surface area contributed by atoms with Crippen LogP contribution in [-0.4, -0.2) is 33.0 Å². The first-order chi connectivity index (χ1) is 7.83. The molecule has 2 aliphatic heterocycles. The summed E-state index contributed by atoms with van der Waals surface area (Å²) in [5, 5.41) is 0. The summed E-state index contributed by atoms with van der Waals surface area (Å²) in [5.41, 5.74) is 6.05. The number of fused-ring (bicyclic) bond motifs is 2. The fourth-order valence-electron chi connectivity index (χ4n) is 3.15. The highest BCUT2D eigenvalue weighted by Gasteiger charge is 2.39. The monoisotopic (exact) mass is 218 g/mol. The second-order valence-corrected chi connectivity index (χ2v) is 4.95. The van der Waals surface area contributed by atoms with E-state index in [0.29, 0.717) is 18.1 Å². The first-order valence-electron chi connectivity index (χ1n) is 6.10. The van der Waals surface area contributed by atoms with Gasteiger partial charge in [0.25, 0.3) is 0 Å². The Morgan fingerprint density at radius 3 is 2.44 bits per heavy atom. The molecule has 2 aliphatic rings. The van der Waals surface area contributed by atoms with Crippen LogP contribution in [0.3, 0.4) is 0 Å². The van der Waals surface area contributed by atoms with E-state index >= 15 is 0 Å². The molecular weight excluding hydrogens is 200 g/mol. The topological polar surface area (TPSA) is 55.0 Å². The lowest BCUT2D eigenvalue weighted by Gasteiger charge is -2.37. The molecule has 0 saturated carbocycles. The Morgan fingerprint density at radius 1 is 1.19 bits per heavy atom. The van der Waals surface area contributed by atoms with Crippen molar-refractivity contribution in [2.24, 2.45) is 5.73 Å². The van der Waals surface area contributed by atoms with Crippen LogP contribution in [0.1, 0.15) is 31.5 Å². The van der Waals surface area contributed by atoms with Crippen molar-refractivity contribution in [1.29, 1.82) is 0 Å². The lowest BCUT2D eigenvalue weighted by atomic mass is 9.98. The van der Waals surface area contributed by atoms with E-state index in [0.717, 1.165) is 25.2 Å². The molecular formula is C12H18N4. The van der Waals surface area contributed by atoms with Crippen molar-refractivity contribution in [2.45, 2.75) is 50.4 Å². The van der Waals surface area contributed by atoms with Crippen LogP contribution in [0.5, 0.6) is 0 Å². The summed E-state index contributed by atoms with van der Waals surface area (Å²) in [7, 11) is 0. The quantitative estimate of drug-likeness (QED) is 0.802. The molecule has 4 nitrogen and oxygen atoms in total. The third-order valence-electron chi connectivity index (χ3n) is 3.86. The summed E-state index contributed by atoms with van der Waals surface area (Å²) < 4.78 is 0. The normalized spacial score (nSPS) is 34.2. The zero-order valence-corrected chi connectivity index (χ0v) is 9.42. The van der Waals surface area contributed by atoms with Crippen molar-refractivity contribution < 1.29 is 0 Å². The van der Waals surface area contributed by atoms with E-state index in [2.05, 4.69) is 14.9 Å². The minimum atomic E-state index is 0.408. The predicted octanol–water partition coefficient (Wildman–Crippen LogP) is 0.931. The molecule has 0 aliphatic carbocycles. The molecule has 3 rings (SSSR count). The van der Waals surface area contributed by atoms with Gasteiger partial charge >= 0.3 is 0 Å². The lowest BCUT2D eigenvalue weighted by Crippen LogP contribution is -2.47. The van der Waals surface area contributed by atoms with Gasteiger partial charge in [0.05, 0.1) is 6.54 Å². The minimum absolute atomic E-state index is 0.408. The Hall–Kier alpha value is -1.00. The number of hydrogen-bond acceptors (Lipinski definition) is 4. The molecule has 0 aromatic carbocycles. The van der Waals surface area contributed by atoms with Crippen LogP contribution in [-0.2, 0) is 6.54 Å². The smallest absolute Gasteiger partial charge is 0.142 e. The van der Waals surface area contributed by atoms with Gasteiger partial charge in [-0.25, -0.2) is 9.97 Å². The van der Waals surface area contributed by atoms with E-state index in [1.165, 1.54) is 12.8 Å². The van der Waals surface area contributed by atoms with E-state index in [9.17, 15) is 0 Å². The fourth-order valence-corrected chi connectivity index (χ4v) is 3.15. The highest BCUT2D eigenvalue weighted by Crippen LogP contribution is 2.35. The van der Waals surface area contributed by atoms with Crippen LogP contribution in [0.4, 0.5) is 0 Å². The third kappa shape index (κ3) is 1.83. The Kier molecular flexibility index (Phi) is 2.61. The molecule has 2 atom stereocenters. The Morgan fingerprint density at radius 2 is 1.81 bits per heavy atom. The van der Waals surface area contributed by atoms with Gasteiger partial charge in [-0.05, 0) is 31.7 Å². The van der Waals surface area contributed by atoms with Crippen molar-refractivity contribution in [1.82, 2.24) is 14.9 Å². The van der Waals surface area contributed by atoms with Crippen LogP contribution in [0.2, 0.25) is 0 Å². The van der Waals surface area contributed by atoms with Gasteiger partial charge in [0, 0.05) is 30.5 Å². The molecule has 4 heteroatoms. The molecule has 2 saturated heterocycles. The van der Waals surface area contributed by atoms with Gasteiger partial charge in [0.2, 0.25) is 0 Å². The zero-order valence-electron chi connectivity index (χ0n) is 9.42. The summed E-state index contributed by atoms with van der Waals surface area (Å²) in [6.07, 6.45) is 8.52. The molecule has 3 heterocycles. The highest BCUT2D eigenvalue weighted by molar-refractivity contribution is 4.99. The van der Waals surface area contributed by atoms with Gasteiger partial charge in [-0.15, -0.1) is 0 Å². The van der Waals surface area contributed by atoms with Crippen molar-refractivity contribution in [3.63, 3.8) is 0 Å². The molecule has 0 amide bonds. The summed E-state index contributed by atoms with van der Waals surface area (Å²) >= 11 is 0. The van der Waals surface area contributed by atoms with Crippen molar-refractivity contribution in [3.05, 3.63) is 24.3 Å². The molecule has 2 unspecified atom stereocenters. The number of aromatic nitrogens is 2. The molecule has 2 N–H and O–H groups in total. The molecule has 1 aromatic heterocycles. The SMILES string of the molecule is NC1CC2CCC(C1)N2Cc1ncccn1. The second-order valence-electron chi connectivity index (χ2n) is 4.95. The van der Waals surface area contributed by atoms with Gasteiger partial charge in [-0.3, -0.25) is 4.90 Å². The molecule has 0 radical (unpaired) electrons. The molecule has 1 aromatic rings. The largest absolute Gasteiger partial charge is 0.328 e. The summed E-state index contributed by atoms with van der Waals surface area (Å²) in [6.45, 7) is 0.892. The van der Waals surface area contributed by atoms with Gasteiger partial charge in [0.1, 0.15) is 5.82 Å². The average molecular weight is 218 g/mol. The average Bonchev–Trinajstić information content (AvgIpc) is 2.54. The zero-order chi connectivity index (χ0) is 11.0. The van der Waals surface area contributed by atoms with Crippen LogP contribution in [0.15, 0.2) is 18.5 Å². The maximum atomic E-state index is 6.05. The molecule has 86 valence electrons. The number of hydrogen-bond donors (Lipinski definition) is 1. The van der Waals surface area contributed by atoms with E-state index in [1.807, 2.05) is 18.5 Å². The summed E-state index contributed by atoms with van der Waals surface area (Å²) in [5.74, 6) is 0.940. The number of nitrogens with zero attached hydrogens (tertiary/aromatic N) is 3. The Labute approximate surface area is 95.9 Å². The van der Waals surface area contributed by atoms with Crippen LogP contribution >= 0.6 is 0 Å². The molecule has 2 fully saturated rings. The van der Waals surface area contributed by atoms with E-state index in [4.69, 9.17) is 5.73 Å². The third-order valence-corrected chi connectivity index (χ3v) is 3.86. The summed E-state index contributed by atoms with van der Waals surface area (Å²) in [4.78, 5) is 11.2. The maximum Gasteiger partial charge on any atom is 0.142 e. The van der Waals surface area contributed by atoms with Crippen molar-refractivity contribution in [3.8, 4) is 0 Å². The van der Waals surface area contributed by atoms with Gasteiger partial charge in [-0.2, -0.15) is 0 Å². The molecule has 0 spiro atoms. The van der Waals surface area contributed by atoms with Gasteiger partial charge in [-0.1, -0.05) is 0 Å². The van der Waals surface area contributed by atoms with Gasteiger partial charge < -0.3 is 5.73 Å². The minimum Gasteiger partial charge on any atom is -0.328 e. The maximum absolute atomic E-state index is 6.05. The molecule has 16 heavy (non-hydrogen) atoms. The lowest BCUT2D eigenvalue weighted by molar-refractivity contribution is 0.116. The standard InChI is InChI=1S/C12H18N4/c13-9-6-10-2-3-11(7-9)16(10)8-12-14-4-1-5-15-12/h1,4-5,9-11H,2-3,6-8,13H2. The van der Waals surface area contributed by atoms with E-state index < -0.39 is 0 Å². The summed E-state index contributed by atoms with van der Waals surface area (Å²) in [6, 6.07) is 3.60. The first-order valence-corrected chi connectivity index (χ1v) is 6.10. The Balaban J connectivity index is 1.72. The fraction of sp³-hybridized carbons (Fsp3) is 0.667. The highest BCUT2D eigenvalue weighted by atomic mass is 15.2. The van der Waals surface area contributed by atoms with Crippen LogP contribution < -0.4 is 5.73 Å². The van der Waals surface area contributed by atoms with E-state index in [-0.39, 0.29) is 0 Å². The van der Waals surface area contributed by atoms with Gasteiger partial charge in [0.15, 0.2) is 0 Å². The predicted molar refractivity (Wildman–Crippen MR) is 61.6 cm³/mol. The van der Waals surface area contributed by atoms with E-state index in [1.54, 1.807) is 0 Å². The number of piperidine rings is 1. The van der Waals surface area contributed by atoms with Crippen molar-refractivity contribution in [2.75, 3.05) is 0 Å². The second kappa shape index (κ2) is 4.11. The molecule has 2 bridgehead atoms. The number of nitrogens with two attached hydrogens (primary N) is 1. The Bertz CT molecular complexity index is 339. The van der Waals surface area contributed by atoms with Crippen LogP contribution in [0.25, 0.3) is 0 Å². The van der Waals surface area contributed by atoms with Crippen LogP contribution in [0, 0.1) is 0 Å². The first kappa shape index (κ1) is 10.2.